The van der Waals surface area contributed by atoms with Crippen molar-refractivity contribution in [3.05, 3.63) is 29.8 Å². The van der Waals surface area contributed by atoms with Crippen molar-refractivity contribution >= 4 is 5.69 Å². The van der Waals surface area contributed by atoms with Crippen LogP contribution in [-0.4, -0.2) is 30.2 Å². The molecule has 1 aliphatic rings. The predicted molar refractivity (Wildman–Crippen MR) is 66.1 cm³/mol. The average molecular weight is 220 g/mol. The second-order valence-corrected chi connectivity index (χ2v) is 4.69. The number of anilines is 1. The smallest absolute Gasteiger partial charge is 0.0678 e. The largest absolute Gasteiger partial charge is 0.399 e. The molecule has 88 valence electrons. The van der Waals surface area contributed by atoms with Crippen molar-refractivity contribution in [3.8, 4) is 0 Å². The summed E-state index contributed by atoms with van der Waals surface area (Å²) in [5.74, 6) is 0. The van der Waals surface area contributed by atoms with Gasteiger partial charge in [0.2, 0.25) is 0 Å². The molecule has 0 saturated carbocycles. The van der Waals surface area contributed by atoms with Gasteiger partial charge < -0.3 is 10.5 Å². The minimum atomic E-state index is 0.331. The monoisotopic (exact) mass is 220 g/mol. The van der Waals surface area contributed by atoms with E-state index in [0.717, 1.165) is 25.3 Å². The van der Waals surface area contributed by atoms with E-state index in [0.29, 0.717) is 12.2 Å². The summed E-state index contributed by atoms with van der Waals surface area (Å²) in [6.45, 7) is 7.26. The van der Waals surface area contributed by atoms with Crippen LogP contribution in [0.25, 0.3) is 0 Å². The average Bonchev–Trinajstić information content (AvgIpc) is 2.20. The van der Waals surface area contributed by atoms with Crippen molar-refractivity contribution < 1.29 is 4.74 Å². The first-order valence-electron chi connectivity index (χ1n) is 5.85. The molecule has 1 aromatic carbocycles. The van der Waals surface area contributed by atoms with E-state index in [1.165, 1.54) is 5.56 Å². The van der Waals surface area contributed by atoms with Crippen LogP contribution in [0.2, 0.25) is 0 Å². The first-order chi connectivity index (χ1) is 7.63. The fraction of sp³-hybridized carbons (Fsp3) is 0.538. The van der Waals surface area contributed by atoms with Gasteiger partial charge >= 0.3 is 0 Å². The third-order valence-corrected chi connectivity index (χ3v) is 2.88. The molecule has 0 aliphatic carbocycles. The minimum absolute atomic E-state index is 0.331. The Labute approximate surface area is 97.2 Å². The van der Waals surface area contributed by atoms with Gasteiger partial charge in [-0.3, -0.25) is 4.90 Å². The second-order valence-electron chi connectivity index (χ2n) is 4.69. The fourth-order valence-corrected chi connectivity index (χ4v) is 2.29. The molecule has 0 radical (unpaired) electrons. The van der Waals surface area contributed by atoms with Crippen LogP contribution >= 0.6 is 0 Å². The van der Waals surface area contributed by atoms with Crippen molar-refractivity contribution in [2.45, 2.75) is 32.6 Å². The van der Waals surface area contributed by atoms with Crippen LogP contribution in [0.4, 0.5) is 5.69 Å². The Balaban J connectivity index is 1.96. The number of morpholine rings is 1. The summed E-state index contributed by atoms with van der Waals surface area (Å²) in [6.07, 6.45) is 0.662. The Bertz CT molecular complexity index is 326. The molecular weight excluding hydrogens is 200 g/mol. The zero-order valence-electron chi connectivity index (χ0n) is 10.0. The number of hydrogen-bond acceptors (Lipinski definition) is 3. The van der Waals surface area contributed by atoms with E-state index in [2.05, 4.69) is 30.9 Å². The summed E-state index contributed by atoms with van der Waals surface area (Å²) in [7, 11) is 0. The van der Waals surface area contributed by atoms with Gasteiger partial charge in [-0.2, -0.15) is 0 Å². The van der Waals surface area contributed by atoms with E-state index in [4.69, 9.17) is 10.5 Å². The zero-order chi connectivity index (χ0) is 11.5. The number of nitrogens with zero attached hydrogens (tertiary/aromatic N) is 1. The lowest BCUT2D eigenvalue weighted by molar-refractivity contribution is -0.0704. The van der Waals surface area contributed by atoms with E-state index in [1.54, 1.807) is 0 Å². The van der Waals surface area contributed by atoms with E-state index < -0.39 is 0 Å². The molecule has 3 heteroatoms. The number of hydrogen-bond donors (Lipinski definition) is 1. The molecule has 1 aliphatic heterocycles. The lowest BCUT2D eigenvalue weighted by atomic mass is 10.1. The van der Waals surface area contributed by atoms with Crippen LogP contribution in [0.1, 0.15) is 19.4 Å². The summed E-state index contributed by atoms with van der Waals surface area (Å²) in [4.78, 5) is 2.43. The molecule has 1 fully saturated rings. The maximum Gasteiger partial charge on any atom is 0.0678 e. The van der Waals surface area contributed by atoms with Crippen LogP contribution in [0, 0.1) is 0 Å². The first kappa shape index (κ1) is 11.4. The molecule has 2 rings (SSSR count). The van der Waals surface area contributed by atoms with E-state index in [1.807, 2.05) is 12.1 Å². The summed E-state index contributed by atoms with van der Waals surface area (Å²) >= 11 is 0. The van der Waals surface area contributed by atoms with Gasteiger partial charge in [-0.25, -0.2) is 0 Å². The molecule has 1 saturated heterocycles. The normalized spacial score (nSPS) is 26.9. The molecule has 0 unspecified atom stereocenters. The van der Waals surface area contributed by atoms with Gasteiger partial charge in [0, 0.05) is 25.3 Å². The Hall–Kier alpha value is -1.06. The van der Waals surface area contributed by atoms with Crippen LogP contribution in [0.15, 0.2) is 24.3 Å². The number of ether oxygens (including phenoxy) is 1. The summed E-state index contributed by atoms with van der Waals surface area (Å²) in [6, 6.07) is 8.12. The molecule has 16 heavy (non-hydrogen) atoms. The van der Waals surface area contributed by atoms with Gasteiger partial charge in [-0.05, 0) is 31.5 Å². The number of rotatable bonds is 2. The van der Waals surface area contributed by atoms with Gasteiger partial charge in [0.15, 0.2) is 0 Å². The van der Waals surface area contributed by atoms with E-state index >= 15 is 0 Å². The van der Waals surface area contributed by atoms with Crippen LogP contribution in [0.5, 0.6) is 0 Å². The standard InChI is InChI=1S/C13H20N2O/c1-10-7-15(8-11(2)16-10)9-12-3-5-13(14)6-4-12/h3-6,10-11H,7-9,14H2,1-2H3/t10-,11-/m0/s1. The van der Waals surface area contributed by atoms with Gasteiger partial charge in [-0.15, -0.1) is 0 Å². The fourth-order valence-electron chi connectivity index (χ4n) is 2.29. The predicted octanol–water partition coefficient (Wildman–Crippen LogP) is 1.88. The molecule has 1 aromatic rings. The quantitative estimate of drug-likeness (QED) is 0.773. The van der Waals surface area contributed by atoms with Crippen LogP contribution in [-0.2, 0) is 11.3 Å². The number of nitrogens with two attached hydrogens (primary N) is 1. The molecule has 2 atom stereocenters. The van der Waals surface area contributed by atoms with Crippen LogP contribution < -0.4 is 5.73 Å². The molecule has 0 aromatic heterocycles. The minimum Gasteiger partial charge on any atom is -0.399 e. The number of benzene rings is 1. The molecule has 0 spiro atoms. The van der Waals surface area contributed by atoms with Gasteiger partial charge in [-0.1, -0.05) is 12.1 Å². The highest BCUT2D eigenvalue weighted by atomic mass is 16.5. The lowest BCUT2D eigenvalue weighted by Gasteiger charge is -2.35. The maximum absolute atomic E-state index is 5.71. The molecule has 0 bridgehead atoms. The summed E-state index contributed by atoms with van der Waals surface area (Å²) in [5.41, 5.74) is 7.81. The highest BCUT2D eigenvalue weighted by Crippen LogP contribution is 2.14. The molecular formula is C13H20N2O. The van der Waals surface area contributed by atoms with Crippen molar-refractivity contribution in [2.24, 2.45) is 0 Å². The van der Waals surface area contributed by atoms with E-state index in [-0.39, 0.29) is 0 Å². The van der Waals surface area contributed by atoms with E-state index in [9.17, 15) is 0 Å². The van der Waals surface area contributed by atoms with Crippen molar-refractivity contribution in [1.29, 1.82) is 0 Å². The molecule has 3 nitrogen and oxygen atoms in total. The SMILES string of the molecule is C[C@H]1CN(Cc2ccc(N)cc2)C[C@H](C)O1. The zero-order valence-corrected chi connectivity index (χ0v) is 10.0. The van der Waals surface area contributed by atoms with Crippen molar-refractivity contribution in [1.82, 2.24) is 4.90 Å². The number of nitrogen functional groups attached to an aromatic ring is 1. The topological polar surface area (TPSA) is 38.5 Å². The maximum atomic E-state index is 5.71. The van der Waals surface area contributed by atoms with Crippen LogP contribution in [0.3, 0.4) is 0 Å². The Morgan fingerprint density at radius 2 is 1.75 bits per heavy atom. The summed E-state index contributed by atoms with van der Waals surface area (Å²) < 4.78 is 5.71. The molecule has 0 amide bonds. The molecule has 2 N–H and O–H groups in total. The Morgan fingerprint density at radius 1 is 1.19 bits per heavy atom. The Kier molecular flexibility index (Phi) is 3.46. The second kappa shape index (κ2) is 4.85. The third kappa shape index (κ3) is 2.97. The van der Waals surface area contributed by atoms with Gasteiger partial charge in [0.25, 0.3) is 0 Å². The van der Waals surface area contributed by atoms with Crippen molar-refractivity contribution in [3.63, 3.8) is 0 Å². The first-order valence-corrected chi connectivity index (χ1v) is 5.85. The molecule has 1 heterocycles. The highest BCUT2D eigenvalue weighted by Gasteiger charge is 2.21. The van der Waals surface area contributed by atoms with Gasteiger partial charge in [0.05, 0.1) is 12.2 Å². The highest BCUT2D eigenvalue weighted by molar-refractivity contribution is 5.39. The lowest BCUT2D eigenvalue weighted by Crippen LogP contribution is -2.44. The summed E-state index contributed by atoms with van der Waals surface area (Å²) in [5, 5.41) is 0. The third-order valence-electron chi connectivity index (χ3n) is 2.88. The van der Waals surface area contributed by atoms with Crippen molar-refractivity contribution in [2.75, 3.05) is 18.8 Å². The van der Waals surface area contributed by atoms with Gasteiger partial charge in [0.1, 0.15) is 0 Å². The Morgan fingerprint density at radius 3 is 2.31 bits per heavy atom.